The maximum absolute atomic E-state index is 8.56. The monoisotopic (exact) mass is 418 g/mol. The van der Waals surface area contributed by atoms with E-state index in [2.05, 4.69) is 24.3 Å². The van der Waals surface area contributed by atoms with E-state index in [0.717, 1.165) is 37.7 Å². The van der Waals surface area contributed by atoms with Gasteiger partial charge in [0, 0.05) is 6.42 Å². The Hall–Kier alpha value is -1.79. The van der Waals surface area contributed by atoms with Crippen LogP contribution in [-0.2, 0) is 15.1 Å². The minimum Gasteiger partial charge on any atom is -0.465 e. The lowest BCUT2D eigenvalue weighted by molar-refractivity contribution is -0.192. The number of hydrogen-bond acceptors (Lipinski definition) is 4. The van der Waals surface area contributed by atoms with Crippen LogP contribution in [0.4, 0.5) is 4.79 Å². The highest BCUT2D eigenvalue weighted by atomic mass is 16.7. The zero-order chi connectivity index (χ0) is 21.0. The molecule has 2 saturated carbocycles. The smallest absolute Gasteiger partial charge is 0.465 e. The highest BCUT2D eigenvalue weighted by molar-refractivity contribution is 5.53. The Kier molecular flexibility index (Phi) is 6.54. The predicted molar refractivity (Wildman–Crippen MR) is 112 cm³/mol. The number of carbonyl (C=O) groups is 1. The summed E-state index contributed by atoms with van der Waals surface area (Å²) in [7, 11) is 0. The molecule has 2 aliphatic carbocycles. The van der Waals surface area contributed by atoms with Gasteiger partial charge in [0.25, 0.3) is 0 Å². The Balaban J connectivity index is 0.000000503. The lowest BCUT2D eigenvalue weighted by Gasteiger charge is -2.53. The quantitative estimate of drug-likeness (QED) is 0.608. The fraction of sp³-hybridized carbons (Fsp3) is 0.708. The van der Waals surface area contributed by atoms with Crippen LogP contribution in [0.2, 0.25) is 0 Å². The van der Waals surface area contributed by atoms with Gasteiger partial charge in [-0.2, -0.15) is 0 Å². The first-order valence-corrected chi connectivity index (χ1v) is 11.4. The van der Waals surface area contributed by atoms with Gasteiger partial charge in [-0.3, -0.25) is 0 Å². The van der Waals surface area contributed by atoms with Gasteiger partial charge in [-0.1, -0.05) is 25.0 Å². The number of fused-ring (bicyclic) bond motifs is 3. The second-order valence-corrected chi connectivity index (χ2v) is 9.49. The van der Waals surface area contributed by atoms with Crippen molar-refractivity contribution in [3.8, 4) is 5.75 Å². The molecule has 3 heterocycles. The van der Waals surface area contributed by atoms with Crippen molar-refractivity contribution in [1.29, 1.82) is 0 Å². The van der Waals surface area contributed by atoms with E-state index in [1.165, 1.54) is 63.4 Å². The Labute approximate surface area is 178 Å². The predicted octanol–water partition coefficient (Wildman–Crippen LogP) is 5.79. The van der Waals surface area contributed by atoms with Crippen LogP contribution in [-0.4, -0.2) is 35.9 Å². The maximum Gasteiger partial charge on any atom is 0.503 e. The highest BCUT2D eigenvalue weighted by Gasteiger charge is 2.50. The molecule has 5 fully saturated rings. The summed E-state index contributed by atoms with van der Waals surface area (Å²) < 4.78 is 18.4. The van der Waals surface area contributed by atoms with Gasteiger partial charge < -0.3 is 24.4 Å². The first kappa shape index (κ1) is 21.4. The summed E-state index contributed by atoms with van der Waals surface area (Å²) in [4.78, 5) is 8.56. The summed E-state index contributed by atoms with van der Waals surface area (Å²) in [5.74, 6) is 1.97. The number of benzene rings is 1. The van der Waals surface area contributed by atoms with Crippen molar-refractivity contribution in [1.82, 2.24) is 0 Å². The number of hydrogen-bond donors (Lipinski definition) is 2. The van der Waals surface area contributed by atoms with Gasteiger partial charge >= 0.3 is 6.16 Å². The molecular weight excluding hydrogens is 384 g/mol. The van der Waals surface area contributed by atoms with Crippen LogP contribution in [0.25, 0.3) is 0 Å². The van der Waals surface area contributed by atoms with Crippen molar-refractivity contribution in [3.05, 3.63) is 29.8 Å². The standard InChI is InChI=1S/C23H32O3.CH2O3/c1-2-15-24-21(6-1)26-20-5-3-4-19(16-20)23-13-11-22(12-14-23,17-25-23)10-9-18-7-8-18;2-1(3)4/h3-5,16,18,21H,1-2,6-15,17H2;(H2,2,3,4). The molecule has 6 nitrogen and oxygen atoms in total. The normalized spacial score (nSPS) is 32.7. The third kappa shape index (κ3) is 5.27. The van der Waals surface area contributed by atoms with E-state index in [1.54, 1.807) is 0 Å². The van der Waals surface area contributed by atoms with Gasteiger partial charge in [0.2, 0.25) is 0 Å². The average molecular weight is 419 g/mol. The first-order chi connectivity index (χ1) is 14.5. The fourth-order valence-electron chi connectivity index (χ4n) is 5.18. The highest BCUT2D eigenvalue weighted by Crippen LogP contribution is 2.56. The van der Waals surface area contributed by atoms with E-state index in [0.29, 0.717) is 5.41 Å². The summed E-state index contributed by atoms with van der Waals surface area (Å²) in [6, 6.07) is 8.62. The molecule has 1 unspecified atom stereocenters. The molecule has 6 rings (SSSR count). The van der Waals surface area contributed by atoms with Gasteiger partial charge in [0.05, 0.1) is 18.8 Å². The van der Waals surface area contributed by atoms with Crippen molar-refractivity contribution in [2.75, 3.05) is 13.2 Å². The summed E-state index contributed by atoms with van der Waals surface area (Å²) in [5.41, 5.74) is 1.71. The zero-order valence-electron chi connectivity index (χ0n) is 17.7. The molecule has 6 heteroatoms. The van der Waals surface area contributed by atoms with E-state index >= 15 is 0 Å². The van der Waals surface area contributed by atoms with Crippen LogP contribution in [0.3, 0.4) is 0 Å². The van der Waals surface area contributed by atoms with Crippen LogP contribution in [0.5, 0.6) is 5.75 Å². The Morgan fingerprint density at radius 3 is 2.47 bits per heavy atom. The second-order valence-electron chi connectivity index (χ2n) is 9.49. The molecule has 2 bridgehead atoms. The molecule has 0 amide bonds. The maximum atomic E-state index is 8.56. The Bertz CT molecular complexity index is 694. The topological polar surface area (TPSA) is 85.2 Å². The molecule has 5 aliphatic rings. The lowest BCUT2D eigenvalue weighted by atomic mass is 9.62. The number of carboxylic acid groups (broad SMARTS) is 2. The van der Waals surface area contributed by atoms with Crippen LogP contribution in [0.15, 0.2) is 24.3 Å². The van der Waals surface area contributed by atoms with Crippen LogP contribution in [0, 0.1) is 11.3 Å². The Morgan fingerprint density at radius 2 is 1.87 bits per heavy atom. The zero-order valence-corrected chi connectivity index (χ0v) is 17.7. The van der Waals surface area contributed by atoms with Gasteiger partial charge in [0.1, 0.15) is 5.75 Å². The van der Waals surface area contributed by atoms with Crippen molar-refractivity contribution in [2.45, 2.75) is 82.5 Å². The Morgan fingerprint density at radius 1 is 1.10 bits per heavy atom. The second kappa shape index (κ2) is 9.15. The fourth-order valence-corrected chi connectivity index (χ4v) is 5.18. The molecule has 3 aliphatic heterocycles. The van der Waals surface area contributed by atoms with Gasteiger partial charge in [0.15, 0.2) is 6.29 Å². The van der Waals surface area contributed by atoms with Crippen LogP contribution < -0.4 is 4.74 Å². The van der Waals surface area contributed by atoms with Crippen LogP contribution >= 0.6 is 0 Å². The van der Waals surface area contributed by atoms with Gasteiger partial charge in [-0.15, -0.1) is 0 Å². The number of rotatable bonds is 6. The third-order valence-electron chi connectivity index (χ3n) is 7.32. The van der Waals surface area contributed by atoms with E-state index in [4.69, 9.17) is 29.2 Å². The number of ether oxygens (including phenoxy) is 3. The van der Waals surface area contributed by atoms with E-state index in [1.807, 2.05) is 0 Å². The molecule has 1 aromatic rings. The molecule has 0 aromatic heterocycles. The van der Waals surface area contributed by atoms with Crippen molar-refractivity contribution in [3.63, 3.8) is 0 Å². The molecule has 0 radical (unpaired) electrons. The van der Waals surface area contributed by atoms with E-state index in [-0.39, 0.29) is 11.9 Å². The molecule has 166 valence electrons. The van der Waals surface area contributed by atoms with Gasteiger partial charge in [-0.05, 0) is 80.4 Å². The molecule has 1 aromatic carbocycles. The summed E-state index contributed by atoms with van der Waals surface area (Å²) in [6.07, 6.45) is 12.2. The molecule has 1 atom stereocenters. The van der Waals surface area contributed by atoms with Crippen molar-refractivity contribution >= 4 is 6.16 Å². The summed E-state index contributed by atoms with van der Waals surface area (Å²) >= 11 is 0. The van der Waals surface area contributed by atoms with Crippen molar-refractivity contribution in [2.24, 2.45) is 11.3 Å². The average Bonchev–Trinajstić information content (AvgIpc) is 3.59. The minimum absolute atomic E-state index is 0.0753. The van der Waals surface area contributed by atoms with E-state index in [9.17, 15) is 0 Å². The van der Waals surface area contributed by atoms with Gasteiger partial charge in [-0.25, -0.2) is 4.79 Å². The summed E-state index contributed by atoms with van der Waals surface area (Å²) in [5, 5.41) is 13.9. The largest absolute Gasteiger partial charge is 0.503 e. The molecule has 2 N–H and O–H groups in total. The first-order valence-electron chi connectivity index (χ1n) is 11.4. The third-order valence-corrected chi connectivity index (χ3v) is 7.32. The molecular formula is C24H34O6. The van der Waals surface area contributed by atoms with Crippen molar-refractivity contribution < 1.29 is 29.2 Å². The molecule has 0 spiro atoms. The van der Waals surface area contributed by atoms with Crippen LogP contribution in [0.1, 0.15) is 76.2 Å². The SMILES string of the molecule is O=C(O)O.c1cc(OC2CCCCO2)cc(C23CCC(CCC4CC4)(CC2)CO3)c1. The molecule has 30 heavy (non-hydrogen) atoms. The molecule has 3 saturated heterocycles. The van der Waals surface area contributed by atoms with E-state index < -0.39 is 6.16 Å². The minimum atomic E-state index is -1.83. The lowest BCUT2D eigenvalue weighted by Crippen LogP contribution is -2.49. The summed E-state index contributed by atoms with van der Waals surface area (Å²) in [6.45, 7) is 1.77.